The van der Waals surface area contributed by atoms with Crippen LogP contribution in [-0.4, -0.2) is 56.6 Å². The molecule has 7 nitrogen and oxygen atoms in total. The number of sulfonamides is 1. The number of benzene rings is 1. The van der Waals surface area contributed by atoms with Gasteiger partial charge in [0.25, 0.3) is 0 Å². The Morgan fingerprint density at radius 1 is 1.09 bits per heavy atom. The number of nitrogens with one attached hydrogen (secondary N) is 1. The molecule has 23 heavy (non-hydrogen) atoms. The van der Waals surface area contributed by atoms with Gasteiger partial charge in [-0.2, -0.15) is 0 Å². The van der Waals surface area contributed by atoms with Crippen LogP contribution in [0.25, 0.3) is 0 Å². The van der Waals surface area contributed by atoms with Gasteiger partial charge in [0.05, 0.1) is 0 Å². The lowest BCUT2D eigenvalue weighted by molar-refractivity contribution is 0.102. The quantitative estimate of drug-likeness (QED) is 0.360. The highest BCUT2D eigenvalue weighted by atomic mass is 32.2. The van der Waals surface area contributed by atoms with Crippen LogP contribution in [0.2, 0.25) is 6.04 Å². The summed E-state index contributed by atoms with van der Waals surface area (Å²) in [6.07, 6.45) is 0.487. The van der Waals surface area contributed by atoms with E-state index in [9.17, 15) is 13.2 Å². The maximum absolute atomic E-state index is 11.9. The minimum Gasteiger partial charge on any atom is -0.377 e. The van der Waals surface area contributed by atoms with Gasteiger partial charge >= 0.3 is 8.80 Å². The number of hydrogen-bond donors (Lipinski definition) is 1. The van der Waals surface area contributed by atoms with Crippen LogP contribution in [-0.2, 0) is 23.3 Å². The summed E-state index contributed by atoms with van der Waals surface area (Å²) >= 11 is 0. The normalized spacial score (nSPS) is 12.3. The average Bonchev–Trinajstić information content (AvgIpc) is 2.56. The molecule has 0 heterocycles. The molecule has 0 amide bonds. The van der Waals surface area contributed by atoms with Crippen molar-refractivity contribution < 1.29 is 26.5 Å². The summed E-state index contributed by atoms with van der Waals surface area (Å²) in [5.41, 5.74) is 0.377. The summed E-state index contributed by atoms with van der Waals surface area (Å²) < 4.78 is 42.0. The Bertz CT molecular complexity index is 580. The molecule has 130 valence electrons. The third kappa shape index (κ3) is 6.49. The Morgan fingerprint density at radius 3 is 2.17 bits per heavy atom. The van der Waals surface area contributed by atoms with Crippen LogP contribution in [0.3, 0.4) is 0 Å². The molecule has 0 radical (unpaired) electrons. The highest BCUT2D eigenvalue weighted by Gasteiger charge is 2.36. The topological polar surface area (TPSA) is 90.9 Å². The third-order valence-corrected chi connectivity index (χ3v) is 7.45. The standard InChI is InChI=1S/C14H23NO6SSi/c1-19-23(20-2,21-3)11-7-10-15-22(17,18)12-14(16)13-8-5-4-6-9-13/h4-6,8-9,15H,7,10-12H2,1-3H3. The Kier molecular flexibility index (Phi) is 8.03. The molecule has 1 rings (SSSR count). The zero-order chi connectivity index (χ0) is 17.3. The van der Waals surface area contributed by atoms with Crippen molar-refractivity contribution in [3.63, 3.8) is 0 Å². The highest BCUT2D eigenvalue weighted by molar-refractivity contribution is 7.90. The van der Waals surface area contributed by atoms with E-state index < -0.39 is 30.4 Å². The lowest BCUT2D eigenvalue weighted by Gasteiger charge is -2.24. The largest absolute Gasteiger partial charge is 0.500 e. The molecule has 0 fully saturated rings. The van der Waals surface area contributed by atoms with Gasteiger partial charge in [0.2, 0.25) is 10.0 Å². The predicted octanol–water partition coefficient (Wildman–Crippen LogP) is 1.06. The second-order valence-corrected chi connectivity index (χ2v) is 9.74. The lowest BCUT2D eigenvalue weighted by atomic mass is 10.2. The lowest BCUT2D eigenvalue weighted by Crippen LogP contribution is -2.43. The van der Waals surface area contributed by atoms with Crippen LogP contribution in [0.5, 0.6) is 0 Å². The monoisotopic (exact) mass is 361 g/mol. The molecular formula is C14H23NO6SSi. The van der Waals surface area contributed by atoms with Crippen LogP contribution in [0, 0.1) is 0 Å². The molecular weight excluding hydrogens is 338 g/mol. The Labute approximate surface area is 138 Å². The number of carbonyl (C=O) groups excluding carboxylic acids is 1. The van der Waals surface area contributed by atoms with Crippen LogP contribution in [0.1, 0.15) is 16.8 Å². The molecule has 0 spiro atoms. The minimum absolute atomic E-state index is 0.190. The molecule has 0 aliphatic rings. The van der Waals surface area contributed by atoms with Crippen molar-refractivity contribution in [2.24, 2.45) is 0 Å². The summed E-state index contributed by atoms with van der Waals surface area (Å²) in [5, 5.41) is 0. The maximum Gasteiger partial charge on any atom is 0.500 e. The molecule has 0 saturated carbocycles. The minimum atomic E-state index is -3.67. The molecule has 1 N–H and O–H groups in total. The van der Waals surface area contributed by atoms with Crippen LogP contribution >= 0.6 is 0 Å². The van der Waals surface area contributed by atoms with E-state index in [1.807, 2.05) is 0 Å². The SMILES string of the molecule is CO[Si](CCCNS(=O)(=O)CC(=O)c1ccccc1)(OC)OC. The fourth-order valence-electron chi connectivity index (χ4n) is 2.02. The van der Waals surface area contributed by atoms with Crippen molar-refractivity contribution >= 4 is 24.6 Å². The first-order valence-corrected chi connectivity index (χ1v) is 10.7. The summed E-state index contributed by atoms with van der Waals surface area (Å²) in [6, 6.07) is 8.81. The van der Waals surface area contributed by atoms with Gasteiger partial charge in [0, 0.05) is 39.5 Å². The fraction of sp³-hybridized carbons (Fsp3) is 0.500. The van der Waals surface area contributed by atoms with Crippen molar-refractivity contribution in [3.8, 4) is 0 Å². The first-order valence-electron chi connectivity index (χ1n) is 7.09. The van der Waals surface area contributed by atoms with E-state index in [1.54, 1.807) is 30.3 Å². The van der Waals surface area contributed by atoms with E-state index in [0.717, 1.165) is 0 Å². The number of carbonyl (C=O) groups is 1. The molecule has 0 unspecified atom stereocenters. The Hall–Kier alpha value is -1.10. The second kappa shape index (κ2) is 9.26. The van der Waals surface area contributed by atoms with Crippen molar-refractivity contribution in [1.29, 1.82) is 0 Å². The van der Waals surface area contributed by atoms with Crippen molar-refractivity contribution in [2.45, 2.75) is 12.5 Å². The molecule has 0 aromatic heterocycles. The van der Waals surface area contributed by atoms with Gasteiger partial charge in [-0.3, -0.25) is 4.79 Å². The molecule has 0 aliphatic carbocycles. The van der Waals surface area contributed by atoms with Gasteiger partial charge in [-0.25, -0.2) is 13.1 Å². The summed E-state index contributed by atoms with van der Waals surface area (Å²) in [5.74, 6) is -1.01. The second-order valence-electron chi connectivity index (χ2n) is 4.84. The van der Waals surface area contributed by atoms with Gasteiger partial charge in [0.1, 0.15) is 5.75 Å². The molecule has 9 heteroatoms. The number of hydrogen-bond acceptors (Lipinski definition) is 6. The van der Waals surface area contributed by atoms with Crippen molar-refractivity contribution in [2.75, 3.05) is 33.6 Å². The summed E-state index contributed by atoms with van der Waals surface area (Å²) in [7, 11) is -1.87. The van der Waals surface area contributed by atoms with E-state index >= 15 is 0 Å². The van der Waals surface area contributed by atoms with E-state index in [4.69, 9.17) is 13.3 Å². The van der Waals surface area contributed by atoms with Crippen LogP contribution in [0.15, 0.2) is 30.3 Å². The van der Waals surface area contributed by atoms with Crippen molar-refractivity contribution in [1.82, 2.24) is 4.72 Å². The van der Waals surface area contributed by atoms with Gasteiger partial charge in [-0.15, -0.1) is 0 Å². The molecule has 1 aromatic carbocycles. The smallest absolute Gasteiger partial charge is 0.377 e. The van der Waals surface area contributed by atoms with Gasteiger partial charge < -0.3 is 13.3 Å². The van der Waals surface area contributed by atoms with Gasteiger partial charge in [-0.05, 0) is 6.42 Å². The zero-order valence-electron chi connectivity index (χ0n) is 13.6. The van der Waals surface area contributed by atoms with E-state index in [2.05, 4.69) is 4.72 Å². The molecule has 1 aromatic rings. The van der Waals surface area contributed by atoms with Gasteiger partial charge in [-0.1, -0.05) is 30.3 Å². The number of rotatable bonds is 11. The third-order valence-electron chi connectivity index (χ3n) is 3.33. The van der Waals surface area contributed by atoms with Crippen molar-refractivity contribution in [3.05, 3.63) is 35.9 Å². The maximum atomic E-state index is 11.9. The van der Waals surface area contributed by atoms with Crippen LogP contribution < -0.4 is 4.72 Å². The fourth-order valence-corrected chi connectivity index (χ4v) is 4.81. The predicted molar refractivity (Wildman–Crippen MR) is 88.8 cm³/mol. The average molecular weight is 361 g/mol. The van der Waals surface area contributed by atoms with E-state index in [0.29, 0.717) is 18.0 Å². The molecule has 0 bridgehead atoms. The Morgan fingerprint density at radius 2 is 1.65 bits per heavy atom. The summed E-state index contributed by atoms with van der Waals surface area (Å²) in [4.78, 5) is 11.9. The zero-order valence-corrected chi connectivity index (χ0v) is 15.4. The first kappa shape index (κ1) is 19.9. The van der Waals surface area contributed by atoms with Gasteiger partial charge in [0.15, 0.2) is 5.78 Å². The Balaban J connectivity index is 2.46. The number of Topliss-reactive ketones (excluding diaryl/α,β-unsaturated/α-hetero) is 1. The van der Waals surface area contributed by atoms with Crippen LogP contribution in [0.4, 0.5) is 0 Å². The highest BCUT2D eigenvalue weighted by Crippen LogP contribution is 2.14. The van der Waals surface area contributed by atoms with E-state index in [-0.39, 0.29) is 6.54 Å². The number of ketones is 1. The molecule has 0 saturated heterocycles. The summed E-state index contributed by atoms with van der Waals surface area (Å²) in [6.45, 7) is 0.190. The first-order chi connectivity index (χ1) is 10.9. The van der Waals surface area contributed by atoms with E-state index in [1.165, 1.54) is 21.3 Å². The molecule has 0 aliphatic heterocycles. The molecule has 0 atom stereocenters.